The Morgan fingerprint density at radius 3 is 1.12 bits per heavy atom. The molecule has 0 spiro atoms. The number of aliphatic hydroxyl groups excluding tert-OH is 8. The van der Waals surface area contributed by atoms with E-state index in [1.54, 1.807) is 0 Å². The fourth-order valence-corrected chi connectivity index (χ4v) is 1.99. The molecule has 14 nitrogen and oxygen atoms in total. The first-order valence-corrected chi connectivity index (χ1v) is 7.09. The number of aliphatic hydroxyl groups is 8. The molecule has 152 valence electrons. The van der Waals surface area contributed by atoms with Crippen molar-refractivity contribution >= 4 is 12.9 Å². The lowest BCUT2D eigenvalue weighted by atomic mass is 10.0. The molecule has 0 bridgehead atoms. The van der Waals surface area contributed by atoms with Crippen molar-refractivity contribution in [3.8, 4) is 0 Å². The first-order chi connectivity index (χ1) is 12.1. The van der Waals surface area contributed by atoms with Gasteiger partial charge in [-0.3, -0.25) is 9.59 Å². The van der Waals surface area contributed by atoms with E-state index in [1.807, 2.05) is 0 Å². The van der Waals surface area contributed by atoms with Gasteiger partial charge in [0.1, 0.15) is 36.6 Å². The van der Waals surface area contributed by atoms with Crippen LogP contribution in [-0.2, 0) is 28.5 Å². The second-order valence-corrected chi connectivity index (χ2v) is 5.20. The summed E-state index contributed by atoms with van der Waals surface area (Å²) in [4.78, 5) is 19.7. The van der Waals surface area contributed by atoms with Crippen molar-refractivity contribution in [2.45, 2.75) is 61.8 Å². The fraction of sp³-hybridized carbons (Fsp3) is 0.833. The van der Waals surface area contributed by atoms with E-state index in [2.05, 4.69) is 18.9 Å². The van der Waals surface area contributed by atoms with Crippen LogP contribution in [-0.4, -0.2) is 116 Å². The molecule has 2 fully saturated rings. The second-order valence-electron chi connectivity index (χ2n) is 5.20. The van der Waals surface area contributed by atoms with E-state index in [9.17, 15) is 9.59 Å². The van der Waals surface area contributed by atoms with Crippen LogP contribution in [0.4, 0.5) is 0 Å². The van der Waals surface area contributed by atoms with Gasteiger partial charge in [0.05, 0.1) is 0 Å². The van der Waals surface area contributed by atoms with Crippen LogP contribution in [0.1, 0.15) is 0 Å². The average Bonchev–Trinajstić information content (AvgIpc) is 2.61. The van der Waals surface area contributed by atoms with Crippen LogP contribution in [0.2, 0.25) is 0 Å². The zero-order valence-corrected chi connectivity index (χ0v) is 13.0. The first kappa shape index (κ1) is 22.6. The summed E-state index contributed by atoms with van der Waals surface area (Å²) >= 11 is 0. The Balaban J connectivity index is 0.000000260. The second kappa shape index (κ2) is 10.0. The molecule has 4 unspecified atom stereocenters. The van der Waals surface area contributed by atoms with E-state index in [0.717, 1.165) is 0 Å². The van der Waals surface area contributed by atoms with Crippen LogP contribution in [0.3, 0.4) is 0 Å². The van der Waals surface area contributed by atoms with Crippen LogP contribution >= 0.6 is 0 Å². The standard InChI is InChI=1S/2C6H10O7/c2*7-1-12-6-4(10)2(8)3(9)5(11)13-6/h2*1-6,8-11H/t2?,3-,4+,5-,6?;2?,3-,4-,5+,6?/m10/s1. The van der Waals surface area contributed by atoms with Crippen LogP contribution in [0.15, 0.2) is 0 Å². The molecular weight excluding hydrogens is 368 g/mol. The van der Waals surface area contributed by atoms with Crippen molar-refractivity contribution in [3.05, 3.63) is 0 Å². The minimum Gasteiger partial charge on any atom is -0.435 e. The number of rotatable bonds is 4. The van der Waals surface area contributed by atoms with Crippen molar-refractivity contribution in [2.24, 2.45) is 0 Å². The molecule has 2 heterocycles. The van der Waals surface area contributed by atoms with Gasteiger partial charge in [0.2, 0.25) is 12.6 Å². The van der Waals surface area contributed by atoms with Gasteiger partial charge in [0, 0.05) is 0 Å². The smallest absolute Gasteiger partial charge is 0.295 e. The molecule has 2 aliphatic heterocycles. The molecule has 0 amide bonds. The number of ether oxygens (including phenoxy) is 4. The predicted molar refractivity (Wildman–Crippen MR) is 72.1 cm³/mol. The molecular formula is C12H20O14. The molecule has 0 aliphatic carbocycles. The Hall–Kier alpha value is -1.46. The van der Waals surface area contributed by atoms with Gasteiger partial charge in [-0.2, -0.15) is 0 Å². The minimum atomic E-state index is -1.69. The molecule has 0 radical (unpaired) electrons. The third kappa shape index (κ3) is 5.27. The van der Waals surface area contributed by atoms with Gasteiger partial charge in [-0.15, -0.1) is 0 Å². The van der Waals surface area contributed by atoms with Crippen LogP contribution in [0, 0.1) is 0 Å². The normalized spacial score (nSPS) is 45.7. The number of carbonyl (C=O) groups is 2. The molecule has 2 rings (SSSR count). The van der Waals surface area contributed by atoms with E-state index in [4.69, 9.17) is 40.9 Å². The maximum atomic E-state index is 9.87. The predicted octanol–water partition coefficient (Wildman–Crippen LogP) is -6.17. The van der Waals surface area contributed by atoms with Crippen LogP contribution in [0.25, 0.3) is 0 Å². The van der Waals surface area contributed by atoms with E-state index in [0.29, 0.717) is 0 Å². The van der Waals surface area contributed by atoms with Crippen molar-refractivity contribution in [2.75, 3.05) is 0 Å². The summed E-state index contributed by atoms with van der Waals surface area (Å²) in [6.07, 6.45) is -16.0. The van der Waals surface area contributed by atoms with Gasteiger partial charge in [0.25, 0.3) is 12.9 Å². The Labute approximate surface area is 145 Å². The van der Waals surface area contributed by atoms with E-state index < -0.39 is 61.8 Å². The van der Waals surface area contributed by atoms with E-state index in [-0.39, 0.29) is 12.9 Å². The fourth-order valence-electron chi connectivity index (χ4n) is 1.99. The molecule has 0 aromatic rings. The van der Waals surface area contributed by atoms with Crippen LogP contribution in [0.5, 0.6) is 0 Å². The molecule has 0 aromatic heterocycles. The SMILES string of the molecule is O=COC1O[C@@H](O)[C@@H](O)C(O)[C@@H]1O.O=COC1O[C@@H](O)[C@H](O)C(O)[C@@H]1O. The Morgan fingerprint density at radius 1 is 0.538 bits per heavy atom. The monoisotopic (exact) mass is 388 g/mol. The molecule has 10 atom stereocenters. The quantitative estimate of drug-likeness (QED) is 0.209. The Morgan fingerprint density at radius 2 is 0.846 bits per heavy atom. The minimum absolute atomic E-state index is 0.00499. The molecule has 0 saturated carbocycles. The van der Waals surface area contributed by atoms with Crippen molar-refractivity contribution in [3.63, 3.8) is 0 Å². The summed E-state index contributed by atoms with van der Waals surface area (Å²) in [5.41, 5.74) is 0. The van der Waals surface area contributed by atoms with Gasteiger partial charge < -0.3 is 59.8 Å². The summed E-state index contributed by atoms with van der Waals surface area (Å²) in [6.45, 7) is 0.00998. The zero-order chi connectivity index (χ0) is 20.0. The van der Waals surface area contributed by atoms with Crippen molar-refractivity contribution in [1.82, 2.24) is 0 Å². The average molecular weight is 388 g/mol. The Kier molecular flexibility index (Phi) is 8.71. The van der Waals surface area contributed by atoms with Crippen molar-refractivity contribution < 1.29 is 69.4 Å². The van der Waals surface area contributed by atoms with Crippen LogP contribution < -0.4 is 0 Å². The topological polar surface area (TPSA) is 233 Å². The maximum absolute atomic E-state index is 9.87. The number of carbonyl (C=O) groups excluding carboxylic acids is 2. The van der Waals surface area contributed by atoms with Gasteiger partial charge >= 0.3 is 0 Å². The zero-order valence-electron chi connectivity index (χ0n) is 13.0. The molecule has 2 aliphatic rings. The van der Waals surface area contributed by atoms with Gasteiger partial charge in [-0.1, -0.05) is 0 Å². The number of hydrogen-bond acceptors (Lipinski definition) is 14. The first-order valence-electron chi connectivity index (χ1n) is 7.09. The number of hydrogen-bond donors (Lipinski definition) is 8. The highest BCUT2D eigenvalue weighted by Gasteiger charge is 2.45. The summed E-state index contributed by atoms with van der Waals surface area (Å²) < 4.78 is 17.3. The molecule has 8 N–H and O–H groups in total. The summed E-state index contributed by atoms with van der Waals surface area (Å²) in [6, 6.07) is 0. The van der Waals surface area contributed by atoms with Gasteiger partial charge in [-0.25, -0.2) is 0 Å². The summed E-state index contributed by atoms with van der Waals surface area (Å²) in [5, 5.41) is 72.2. The lowest BCUT2D eigenvalue weighted by Gasteiger charge is -2.36. The lowest BCUT2D eigenvalue weighted by Crippen LogP contribution is -2.58. The third-order valence-corrected chi connectivity index (χ3v) is 3.47. The van der Waals surface area contributed by atoms with Crippen molar-refractivity contribution in [1.29, 1.82) is 0 Å². The lowest BCUT2D eigenvalue weighted by molar-refractivity contribution is -0.329. The van der Waals surface area contributed by atoms with E-state index >= 15 is 0 Å². The van der Waals surface area contributed by atoms with Gasteiger partial charge in [-0.05, 0) is 0 Å². The summed E-state index contributed by atoms with van der Waals surface area (Å²) in [7, 11) is 0. The summed E-state index contributed by atoms with van der Waals surface area (Å²) in [5.74, 6) is 0. The molecule has 26 heavy (non-hydrogen) atoms. The molecule has 14 heteroatoms. The van der Waals surface area contributed by atoms with E-state index in [1.165, 1.54) is 0 Å². The Bertz CT molecular complexity index is 408. The third-order valence-electron chi connectivity index (χ3n) is 3.47. The highest BCUT2D eigenvalue weighted by atomic mass is 16.8. The largest absolute Gasteiger partial charge is 0.435 e. The highest BCUT2D eigenvalue weighted by molar-refractivity contribution is 5.37. The maximum Gasteiger partial charge on any atom is 0.295 e. The molecule has 2 saturated heterocycles. The van der Waals surface area contributed by atoms with Gasteiger partial charge in [0.15, 0.2) is 12.6 Å². The molecule has 0 aromatic carbocycles. The highest BCUT2D eigenvalue weighted by Crippen LogP contribution is 2.20.